The van der Waals surface area contributed by atoms with Crippen LogP contribution in [0.1, 0.15) is 12.8 Å². The van der Waals surface area contributed by atoms with Crippen LogP contribution in [-0.2, 0) is 14.4 Å². The molecule has 0 saturated heterocycles. The van der Waals surface area contributed by atoms with Crippen LogP contribution in [0, 0.1) is 0 Å². The third kappa shape index (κ3) is 7.93. The molecule has 0 rings (SSSR count). The van der Waals surface area contributed by atoms with Crippen molar-refractivity contribution in [3.63, 3.8) is 0 Å². The first-order valence-electron chi connectivity index (χ1n) is 4.53. The molecule has 0 fully saturated rings. The Hall–Kier alpha value is -0.690. The van der Waals surface area contributed by atoms with Gasteiger partial charge in [0.2, 0.25) is 0 Å². The Kier molecular flexibility index (Phi) is 8.45. The SMILES string of the molecule is COCCCN(C)CCC(=O)ONN. The van der Waals surface area contributed by atoms with Crippen molar-refractivity contribution in [3.8, 4) is 0 Å². The van der Waals surface area contributed by atoms with Crippen molar-refractivity contribution in [2.24, 2.45) is 5.84 Å². The monoisotopic (exact) mass is 205 g/mol. The standard InChI is InChI=1S/C8H19N3O3/c1-11(5-3-7-13-2)6-4-8(12)14-10-9/h10H,3-7,9H2,1-2H3. The Morgan fingerprint density at radius 1 is 1.50 bits per heavy atom. The molecule has 0 aliphatic heterocycles. The summed E-state index contributed by atoms with van der Waals surface area (Å²) >= 11 is 0. The maximum absolute atomic E-state index is 10.9. The normalized spacial score (nSPS) is 10.6. The van der Waals surface area contributed by atoms with E-state index in [0.29, 0.717) is 13.0 Å². The second kappa shape index (κ2) is 8.89. The van der Waals surface area contributed by atoms with Crippen LogP contribution in [0.5, 0.6) is 0 Å². The summed E-state index contributed by atoms with van der Waals surface area (Å²) in [4.78, 5) is 17.3. The first-order valence-corrected chi connectivity index (χ1v) is 4.53. The van der Waals surface area contributed by atoms with Crippen LogP contribution in [0.2, 0.25) is 0 Å². The second-order valence-corrected chi connectivity index (χ2v) is 2.99. The number of nitrogens with two attached hydrogens (primary N) is 1. The van der Waals surface area contributed by atoms with E-state index in [-0.39, 0.29) is 5.97 Å². The number of nitrogens with zero attached hydrogens (tertiary/aromatic N) is 1. The van der Waals surface area contributed by atoms with Crippen molar-refractivity contribution in [2.45, 2.75) is 12.8 Å². The minimum absolute atomic E-state index is 0.327. The Balaban J connectivity index is 3.33. The van der Waals surface area contributed by atoms with Crippen molar-refractivity contribution in [3.05, 3.63) is 0 Å². The fourth-order valence-electron chi connectivity index (χ4n) is 0.990. The van der Waals surface area contributed by atoms with Gasteiger partial charge in [-0.15, -0.1) is 0 Å². The summed E-state index contributed by atoms with van der Waals surface area (Å²) in [6, 6.07) is 0. The average molecular weight is 205 g/mol. The minimum atomic E-state index is -0.355. The number of hydrogen-bond donors (Lipinski definition) is 2. The lowest BCUT2D eigenvalue weighted by Gasteiger charge is -2.15. The van der Waals surface area contributed by atoms with Crippen LogP contribution < -0.4 is 11.4 Å². The van der Waals surface area contributed by atoms with E-state index in [4.69, 9.17) is 10.6 Å². The van der Waals surface area contributed by atoms with Gasteiger partial charge in [0.05, 0.1) is 6.42 Å². The zero-order valence-corrected chi connectivity index (χ0v) is 8.78. The van der Waals surface area contributed by atoms with Crippen molar-refractivity contribution in [2.75, 3.05) is 33.9 Å². The molecule has 0 unspecified atom stereocenters. The highest BCUT2D eigenvalue weighted by molar-refractivity contribution is 5.69. The Morgan fingerprint density at radius 2 is 2.21 bits per heavy atom. The summed E-state index contributed by atoms with van der Waals surface area (Å²) in [7, 11) is 3.61. The molecule has 6 nitrogen and oxygen atoms in total. The van der Waals surface area contributed by atoms with Gasteiger partial charge in [0.1, 0.15) is 0 Å². The summed E-state index contributed by atoms with van der Waals surface area (Å²) in [6.07, 6.45) is 1.28. The quantitative estimate of drug-likeness (QED) is 0.309. The summed E-state index contributed by atoms with van der Waals surface area (Å²) < 4.78 is 4.91. The van der Waals surface area contributed by atoms with Gasteiger partial charge in [-0.25, -0.2) is 5.84 Å². The molecule has 0 aromatic heterocycles. The van der Waals surface area contributed by atoms with Crippen LogP contribution >= 0.6 is 0 Å². The van der Waals surface area contributed by atoms with Gasteiger partial charge in [-0.1, -0.05) is 5.59 Å². The maximum Gasteiger partial charge on any atom is 0.327 e. The molecule has 0 heterocycles. The number of ether oxygens (including phenoxy) is 1. The van der Waals surface area contributed by atoms with Gasteiger partial charge in [0, 0.05) is 26.8 Å². The summed E-state index contributed by atoms with van der Waals surface area (Å²) in [5, 5.41) is 0. The third-order valence-corrected chi connectivity index (χ3v) is 1.76. The summed E-state index contributed by atoms with van der Waals surface area (Å²) in [5.41, 5.74) is 1.86. The Labute approximate surface area is 84.3 Å². The van der Waals surface area contributed by atoms with Crippen LogP contribution in [-0.4, -0.2) is 44.7 Å². The molecule has 6 heteroatoms. The number of carbonyl (C=O) groups is 1. The van der Waals surface area contributed by atoms with Crippen LogP contribution in [0.25, 0.3) is 0 Å². The van der Waals surface area contributed by atoms with Gasteiger partial charge in [-0.05, 0) is 13.5 Å². The predicted octanol–water partition coefficient (Wildman–Crippen LogP) is -0.734. The molecule has 0 saturated carbocycles. The largest absolute Gasteiger partial charge is 0.385 e. The highest BCUT2D eigenvalue weighted by Gasteiger charge is 2.04. The average Bonchev–Trinajstić information content (AvgIpc) is 2.16. The molecular formula is C8H19N3O3. The fourth-order valence-corrected chi connectivity index (χ4v) is 0.990. The first-order chi connectivity index (χ1) is 6.70. The lowest BCUT2D eigenvalue weighted by Crippen LogP contribution is -2.29. The number of nitrogens with one attached hydrogen (secondary N) is 1. The molecule has 0 aromatic carbocycles. The van der Waals surface area contributed by atoms with Crippen LogP contribution in [0.3, 0.4) is 0 Å². The van der Waals surface area contributed by atoms with Crippen LogP contribution in [0.4, 0.5) is 0 Å². The molecule has 3 N–H and O–H groups in total. The topological polar surface area (TPSA) is 76.8 Å². The van der Waals surface area contributed by atoms with Gasteiger partial charge < -0.3 is 14.5 Å². The maximum atomic E-state index is 10.9. The van der Waals surface area contributed by atoms with E-state index in [0.717, 1.165) is 19.6 Å². The second-order valence-electron chi connectivity index (χ2n) is 2.99. The Bertz CT molecular complexity index is 155. The van der Waals surface area contributed by atoms with Gasteiger partial charge in [0.25, 0.3) is 0 Å². The highest BCUT2D eigenvalue weighted by atomic mass is 16.7. The summed E-state index contributed by atoms with van der Waals surface area (Å²) in [5.74, 6) is 4.46. The molecule has 0 aromatic rings. The fraction of sp³-hybridized carbons (Fsp3) is 0.875. The first kappa shape index (κ1) is 13.3. The number of methoxy groups -OCH3 is 1. The predicted molar refractivity (Wildman–Crippen MR) is 52.0 cm³/mol. The molecule has 14 heavy (non-hydrogen) atoms. The third-order valence-electron chi connectivity index (χ3n) is 1.76. The lowest BCUT2D eigenvalue weighted by molar-refractivity contribution is -0.151. The van der Waals surface area contributed by atoms with E-state index in [1.54, 1.807) is 7.11 Å². The highest BCUT2D eigenvalue weighted by Crippen LogP contribution is 1.92. The van der Waals surface area contributed by atoms with Gasteiger partial charge >= 0.3 is 5.97 Å². The molecule has 0 bridgehead atoms. The zero-order valence-electron chi connectivity index (χ0n) is 8.78. The van der Waals surface area contributed by atoms with Crippen molar-refractivity contribution in [1.82, 2.24) is 10.5 Å². The smallest absolute Gasteiger partial charge is 0.327 e. The van der Waals surface area contributed by atoms with E-state index in [1.807, 2.05) is 17.5 Å². The van der Waals surface area contributed by atoms with Gasteiger partial charge in [-0.3, -0.25) is 4.79 Å². The molecule has 0 atom stereocenters. The minimum Gasteiger partial charge on any atom is -0.385 e. The summed E-state index contributed by atoms with van der Waals surface area (Å²) in [6.45, 7) is 2.29. The van der Waals surface area contributed by atoms with E-state index in [9.17, 15) is 4.79 Å². The molecule has 0 spiro atoms. The molecule has 84 valence electrons. The number of carbonyl (C=O) groups excluding carboxylic acids is 1. The molecule has 0 amide bonds. The van der Waals surface area contributed by atoms with E-state index < -0.39 is 0 Å². The number of hydrogen-bond acceptors (Lipinski definition) is 6. The molecular weight excluding hydrogens is 186 g/mol. The van der Waals surface area contributed by atoms with Crippen LogP contribution in [0.15, 0.2) is 0 Å². The van der Waals surface area contributed by atoms with Gasteiger partial charge in [-0.2, -0.15) is 0 Å². The van der Waals surface area contributed by atoms with Gasteiger partial charge in [0.15, 0.2) is 0 Å². The van der Waals surface area contributed by atoms with E-state index in [2.05, 4.69) is 4.84 Å². The molecule has 0 radical (unpaired) electrons. The van der Waals surface area contributed by atoms with Crippen molar-refractivity contribution in [1.29, 1.82) is 0 Å². The van der Waals surface area contributed by atoms with E-state index in [1.165, 1.54) is 0 Å². The Morgan fingerprint density at radius 3 is 2.79 bits per heavy atom. The van der Waals surface area contributed by atoms with Crippen molar-refractivity contribution < 1.29 is 14.4 Å². The zero-order chi connectivity index (χ0) is 10.8. The number of hydrazine groups is 1. The number of rotatable bonds is 8. The molecule has 0 aliphatic rings. The molecule has 0 aliphatic carbocycles. The van der Waals surface area contributed by atoms with E-state index >= 15 is 0 Å². The lowest BCUT2D eigenvalue weighted by atomic mass is 10.3. The van der Waals surface area contributed by atoms with Crippen molar-refractivity contribution >= 4 is 5.97 Å².